The molecule has 0 aliphatic heterocycles. The number of benzene rings is 1. The van der Waals surface area contributed by atoms with Gasteiger partial charge in [0.05, 0.1) is 0 Å². The molecule has 1 aromatic carbocycles. The Hall–Kier alpha value is -1.02. The van der Waals surface area contributed by atoms with Crippen LogP contribution in [0.5, 0.6) is 5.75 Å². The van der Waals surface area contributed by atoms with Crippen LogP contribution in [0.1, 0.15) is 25.0 Å². The summed E-state index contributed by atoms with van der Waals surface area (Å²) in [6.45, 7) is 6.66. The van der Waals surface area contributed by atoms with E-state index in [0.29, 0.717) is 12.3 Å². The van der Waals surface area contributed by atoms with Gasteiger partial charge < -0.3 is 10.8 Å². The molecule has 0 atom stereocenters. The summed E-state index contributed by atoms with van der Waals surface area (Å²) in [5.41, 5.74) is 7.66. The van der Waals surface area contributed by atoms with E-state index < -0.39 is 0 Å². The van der Waals surface area contributed by atoms with E-state index in [-0.39, 0.29) is 5.41 Å². The third-order valence-electron chi connectivity index (χ3n) is 2.54. The molecule has 2 heteroatoms. The van der Waals surface area contributed by atoms with E-state index in [1.54, 1.807) is 6.07 Å². The van der Waals surface area contributed by atoms with Gasteiger partial charge in [0.15, 0.2) is 0 Å². The van der Waals surface area contributed by atoms with Gasteiger partial charge in [-0.1, -0.05) is 26.0 Å². The topological polar surface area (TPSA) is 46.2 Å². The molecule has 0 bridgehead atoms. The Kier molecular flexibility index (Phi) is 2.62. The molecule has 0 heterocycles. The van der Waals surface area contributed by atoms with Crippen molar-refractivity contribution in [1.82, 2.24) is 0 Å². The van der Waals surface area contributed by atoms with E-state index in [1.807, 2.05) is 19.1 Å². The van der Waals surface area contributed by atoms with Crippen molar-refractivity contribution < 1.29 is 5.11 Å². The van der Waals surface area contributed by atoms with Gasteiger partial charge in [-0.25, -0.2) is 0 Å². The van der Waals surface area contributed by atoms with Crippen LogP contribution in [0.4, 0.5) is 0 Å². The monoisotopic (exact) mass is 179 g/mol. The van der Waals surface area contributed by atoms with Gasteiger partial charge in [-0.05, 0) is 24.1 Å². The molecular weight excluding hydrogens is 162 g/mol. The molecule has 0 unspecified atom stereocenters. The lowest BCUT2D eigenvalue weighted by Crippen LogP contribution is -2.28. The van der Waals surface area contributed by atoms with Crippen LogP contribution in [0.2, 0.25) is 0 Å². The maximum Gasteiger partial charge on any atom is 0.118 e. The van der Waals surface area contributed by atoms with Gasteiger partial charge in [-0.3, -0.25) is 0 Å². The number of hydrogen-bond acceptors (Lipinski definition) is 2. The molecule has 0 aliphatic rings. The first kappa shape index (κ1) is 10.1. The van der Waals surface area contributed by atoms with Gasteiger partial charge in [0.2, 0.25) is 0 Å². The molecule has 0 spiro atoms. The smallest absolute Gasteiger partial charge is 0.118 e. The fourth-order valence-electron chi connectivity index (χ4n) is 1.47. The predicted molar refractivity (Wildman–Crippen MR) is 54.9 cm³/mol. The third kappa shape index (κ3) is 1.83. The summed E-state index contributed by atoms with van der Waals surface area (Å²) in [5.74, 6) is 0.346. The van der Waals surface area contributed by atoms with E-state index in [4.69, 9.17) is 5.73 Å². The maximum absolute atomic E-state index is 9.52. The molecule has 1 rings (SSSR count). The Balaban J connectivity index is 3.22. The SMILES string of the molecule is Cc1c(O)cccc1C(C)(C)CN. The summed E-state index contributed by atoms with van der Waals surface area (Å²) in [4.78, 5) is 0. The van der Waals surface area contributed by atoms with Gasteiger partial charge in [0.1, 0.15) is 5.75 Å². The summed E-state index contributed by atoms with van der Waals surface area (Å²) in [6, 6.07) is 5.57. The number of phenols is 1. The Morgan fingerprint density at radius 3 is 2.54 bits per heavy atom. The van der Waals surface area contributed by atoms with Crippen LogP contribution < -0.4 is 5.73 Å². The van der Waals surface area contributed by atoms with Crippen LogP contribution in [-0.4, -0.2) is 11.7 Å². The molecule has 72 valence electrons. The molecule has 0 aliphatic carbocycles. The first-order valence-electron chi connectivity index (χ1n) is 4.48. The minimum absolute atomic E-state index is 0.0666. The predicted octanol–water partition coefficient (Wildman–Crippen LogP) is 1.94. The normalized spacial score (nSPS) is 11.7. The molecular formula is C11H17NO. The first-order valence-corrected chi connectivity index (χ1v) is 4.48. The quantitative estimate of drug-likeness (QED) is 0.728. The second-order valence-electron chi connectivity index (χ2n) is 4.04. The van der Waals surface area contributed by atoms with E-state index in [1.165, 1.54) is 0 Å². The number of hydrogen-bond donors (Lipinski definition) is 2. The molecule has 13 heavy (non-hydrogen) atoms. The van der Waals surface area contributed by atoms with E-state index in [9.17, 15) is 5.11 Å². The van der Waals surface area contributed by atoms with Gasteiger partial charge >= 0.3 is 0 Å². The largest absolute Gasteiger partial charge is 0.508 e. The molecule has 1 aromatic rings. The summed E-state index contributed by atoms with van der Waals surface area (Å²) < 4.78 is 0. The molecule has 0 saturated carbocycles. The van der Waals surface area contributed by atoms with Crippen molar-refractivity contribution in [2.45, 2.75) is 26.2 Å². The zero-order chi connectivity index (χ0) is 10.1. The van der Waals surface area contributed by atoms with E-state index in [0.717, 1.165) is 11.1 Å². The van der Waals surface area contributed by atoms with Crippen molar-refractivity contribution in [3.05, 3.63) is 29.3 Å². The number of nitrogens with two attached hydrogens (primary N) is 1. The average Bonchev–Trinajstić information content (AvgIpc) is 2.09. The van der Waals surface area contributed by atoms with Crippen LogP contribution in [0.15, 0.2) is 18.2 Å². The third-order valence-corrected chi connectivity index (χ3v) is 2.54. The van der Waals surface area contributed by atoms with Crippen molar-refractivity contribution in [1.29, 1.82) is 0 Å². The van der Waals surface area contributed by atoms with Gasteiger partial charge in [0.25, 0.3) is 0 Å². The summed E-state index contributed by atoms with van der Waals surface area (Å²) in [7, 11) is 0. The van der Waals surface area contributed by atoms with Crippen molar-refractivity contribution in [3.63, 3.8) is 0 Å². The van der Waals surface area contributed by atoms with Crippen LogP contribution in [0.25, 0.3) is 0 Å². The van der Waals surface area contributed by atoms with Gasteiger partial charge in [0, 0.05) is 12.0 Å². The minimum Gasteiger partial charge on any atom is -0.508 e. The van der Waals surface area contributed by atoms with Crippen LogP contribution in [0, 0.1) is 6.92 Å². The lowest BCUT2D eigenvalue weighted by molar-refractivity contribution is 0.463. The highest BCUT2D eigenvalue weighted by atomic mass is 16.3. The van der Waals surface area contributed by atoms with Crippen LogP contribution in [0.3, 0.4) is 0 Å². The molecule has 0 saturated heterocycles. The van der Waals surface area contributed by atoms with Gasteiger partial charge in [-0.2, -0.15) is 0 Å². The Bertz CT molecular complexity index is 305. The average molecular weight is 179 g/mol. The second-order valence-corrected chi connectivity index (χ2v) is 4.04. The zero-order valence-electron chi connectivity index (χ0n) is 8.46. The number of rotatable bonds is 2. The molecule has 2 nitrogen and oxygen atoms in total. The van der Waals surface area contributed by atoms with Crippen LogP contribution >= 0.6 is 0 Å². The van der Waals surface area contributed by atoms with Crippen LogP contribution in [-0.2, 0) is 5.41 Å². The highest BCUT2D eigenvalue weighted by Gasteiger charge is 2.21. The molecule has 0 fully saturated rings. The number of aromatic hydroxyl groups is 1. The first-order chi connectivity index (χ1) is 5.99. The zero-order valence-corrected chi connectivity index (χ0v) is 8.46. The summed E-state index contributed by atoms with van der Waals surface area (Å²) >= 11 is 0. The molecule has 0 radical (unpaired) electrons. The Morgan fingerprint density at radius 1 is 1.38 bits per heavy atom. The molecule has 3 N–H and O–H groups in total. The molecule has 0 aromatic heterocycles. The Morgan fingerprint density at radius 2 is 2.00 bits per heavy atom. The van der Waals surface area contributed by atoms with Crippen molar-refractivity contribution in [2.75, 3.05) is 6.54 Å². The summed E-state index contributed by atoms with van der Waals surface area (Å²) in [6.07, 6.45) is 0. The van der Waals surface area contributed by atoms with Crippen molar-refractivity contribution in [2.24, 2.45) is 5.73 Å². The maximum atomic E-state index is 9.52. The van der Waals surface area contributed by atoms with Crippen molar-refractivity contribution >= 4 is 0 Å². The second kappa shape index (κ2) is 3.38. The molecule has 0 amide bonds. The fraction of sp³-hybridized carbons (Fsp3) is 0.455. The van der Waals surface area contributed by atoms with E-state index in [2.05, 4.69) is 13.8 Å². The highest BCUT2D eigenvalue weighted by Crippen LogP contribution is 2.29. The van der Waals surface area contributed by atoms with Gasteiger partial charge in [-0.15, -0.1) is 0 Å². The van der Waals surface area contributed by atoms with Crippen molar-refractivity contribution in [3.8, 4) is 5.75 Å². The Labute approximate surface area is 79.4 Å². The summed E-state index contributed by atoms with van der Waals surface area (Å²) in [5, 5.41) is 9.52. The minimum atomic E-state index is -0.0666. The standard InChI is InChI=1S/C11H17NO/c1-8-9(11(2,3)7-12)5-4-6-10(8)13/h4-6,13H,7,12H2,1-3H3. The highest BCUT2D eigenvalue weighted by molar-refractivity contribution is 5.41. The lowest BCUT2D eigenvalue weighted by atomic mass is 9.82. The van der Waals surface area contributed by atoms with E-state index >= 15 is 0 Å². The lowest BCUT2D eigenvalue weighted by Gasteiger charge is -2.25. The number of phenolic OH excluding ortho intramolecular Hbond substituents is 1. The fourth-order valence-corrected chi connectivity index (χ4v) is 1.47.